The molecule has 1 heterocycles. The Balaban J connectivity index is 2.06. The predicted octanol–water partition coefficient (Wildman–Crippen LogP) is 5.74. The van der Waals surface area contributed by atoms with E-state index in [4.69, 9.17) is 0 Å². The molecule has 1 aromatic carbocycles. The number of anilines is 1. The number of pyridine rings is 1. The van der Waals surface area contributed by atoms with Crippen molar-refractivity contribution in [1.82, 2.24) is 4.98 Å². The van der Waals surface area contributed by atoms with Crippen LogP contribution in [-0.2, 0) is 6.42 Å². The number of hydrogen-bond donors (Lipinski definition) is 1. The minimum Gasteiger partial charge on any atom is -0.307 e. The molecule has 2 aromatic rings. The molecular formula is C22H28N2O. The van der Waals surface area contributed by atoms with E-state index in [0.717, 1.165) is 18.4 Å². The Morgan fingerprint density at radius 3 is 2.24 bits per heavy atom. The predicted molar refractivity (Wildman–Crippen MR) is 106 cm³/mol. The van der Waals surface area contributed by atoms with Crippen LogP contribution in [0.3, 0.4) is 0 Å². The fraction of sp³-hybridized carbons (Fsp3) is 0.364. The number of aryl methyl sites for hydroxylation is 1. The van der Waals surface area contributed by atoms with Gasteiger partial charge in [-0.3, -0.25) is 4.79 Å². The van der Waals surface area contributed by atoms with Gasteiger partial charge in [0.1, 0.15) is 5.82 Å². The van der Waals surface area contributed by atoms with E-state index in [2.05, 4.69) is 51.0 Å². The number of nitrogens with zero attached hydrogens (tertiary/aromatic N) is 1. The number of hydrogen-bond acceptors (Lipinski definition) is 2. The number of allylic oxidation sites excluding steroid dienone is 2. The van der Waals surface area contributed by atoms with Crippen LogP contribution in [0.2, 0.25) is 0 Å². The largest absolute Gasteiger partial charge is 0.307 e. The van der Waals surface area contributed by atoms with E-state index >= 15 is 0 Å². The number of carbonyl (C=O) groups is 1. The SMILES string of the molecule is CCCc1ccc(NC(=O)c2ccc(C(C)=CC(C)(C)C)cc2)nc1. The minimum absolute atomic E-state index is 0.135. The Morgan fingerprint density at radius 2 is 1.72 bits per heavy atom. The molecule has 0 atom stereocenters. The van der Waals surface area contributed by atoms with Gasteiger partial charge in [0.15, 0.2) is 0 Å². The van der Waals surface area contributed by atoms with Crippen molar-refractivity contribution in [2.24, 2.45) is 5.41 Å². The zero-order chi connectivity index (χ0) is 18.4. The lowest BCUT2D eigenvalue weighted by Gasteiger charge is -2.14. The fourth-order valence-corrected chi connectivity index (χ4v) is 2.74. The van der Waals surface area contributed by atoms with Crippen molar-refractivity contribution >= 4 is 17.3 Å². The Hall–Kier alpha value is -2.42. The van der Waals surface area contributed by atoms with E-state index in [9.17, 15) is 4.79 Å². The summed E-state index contributed by atoms with van der Waals surface area (Å²) in [6, 6.07) is 11.6. The summed E-state index contributed by atoms with van der Waals surface area (Å²) in [6.07, 6.45) is 6.15. The van der Waals surface area contributed by atoms with Crippen molar-refractivity contribution in [3.05, 3.63) is 65.4 Å². The fourth-order valence-electron chi connectivity index (χ4n) is 2.74. The molecule has 25 heavy (non-hydrogen) atoms. The van der Waals surface area contributed by atoms with Gasteiger partial charge < -0.3 is 5.32 Å². The molecule has 1 aromatic heterocycles. The van der Waals surface area contributed by atoms with Crippen molar-refractivity contribution < 1.29 is 4.79 Å². The zero-order valence-electron chi connectivity index (χ0n) is 15.9. The molecule has 0 bridgehead atoms. The Kier molecular flexibility index (Phi) is 6.13. The number of rotatable bonds is 5. The standard InChI is InChI=1S/C22H28N2O/c1-6-7-17-8-13-20(23-15-17)24-21(25)19-11-9-18(10-12-19)16(2)14-22(3,4)5/h8-15H,6-7H2,1-5H3,(H,23,24,25). The highest BCUT2D eigenvalue weighted by atomic mass is 16.1. The average molecular weight is 336 g/mol. The molecule has 3 nitrogen and oxygen atoms in total. The lowest BCUT2D eigenvalue weighted by Crippen LogP contribution is -2.13. The number of carbonyl (C=O) groups excluding carboxylic acids is 1. The van der Waals surface area contributed by atoms with Crippen LogP contribution in [0.15, 0.2) is 48.7 Å². The molecular weight excluding hydrogens is 308 g/mol. The monoisotopic (exact) mass is 336 g/mol. The number of nitrogens with one attached hydrogen (secondary N) is 1. The topological polar surface area (TPSA) is 42.0 Å². The number of benzene rings is 1. The first-order valence-electron chi connectivity index (χ1n) is 8.84. The van der Waals surface area contributed by atoms with Crippen molar-refractivity contribution in [1.29, 1.82) is 0 Å². The molecule has 0 radical (unpaired) electrons. The molecule has 3 heteroatoms. The van der Waals surface area contributed by atoms with E-state index < -0.39 is 0 Å². The smallest absolute Gasteiger partial charge is 0.256 e. The van der Waals surface area contributed by atoms with Crippen molar-refractivity contribution in [3.8, 4) is 0 Å². The van der Waals surface area contributed by atoms with Crippen LogP contribution in [0.25, 0.3) is 5.57 Å². The first-order valence-corrected chi connectivity index (χ1v) is 8.84. The lowest BCUT2D eigenvalue weighted by molar-refractivity contribution is 0.102. The molecule has 1 N–H and O–H groups in total. The summed E-state index contributed by atoms with van der Waals surface area (Å²) in [5, 5.41) is 2.85. The van der Waals surface area contributed by atoms with Crippen LogP contribution in [-0.4, -0.2) is 10.9 Å². The van der Waals surface area contributed by atoms with Crippen molar-refractivity contribution in [3.63, 3.8) is 0 Å². The van der Waals surface area contributed by atoms with Gasteiger partial charge in [-0.2, -0.15) is 0 Å². The van der Waals surface area contributed by atoms with Crippen molar-refractivity contribution in [2.75, 3.05) is 5.32 Å². The normalized spacial score (nSPS) is 12.1. The second kappa shape index (κ2) is 8.11. The molecule has 0 aliphatic heterocycles. The van der Waals surface area contributed by atoms with Gasteiger partial charge in [-0.1, -0.05) is 58.4 Å². The average Bonchev–Trinajstić information content (AvgIpc) is 2.55. The maximum absolute atomic E-state index is 12.4. The van der Waals surface area contributed by atoms with Crippen LogP contribution in [0.1, 0.15) is 62.5 Å². The lowest BCUT2D eigenvalue weighted by atomic mass is 9.91. The van der Waals surface area contributed by atoms with Gasteiger partial charge in [-0.15, -0.1) is 0 Å². The highest BCUT2D eigenvalue weighted by molar-refractivity contribution is 6.03. The summed E-state index contributed by atoms with van der Waals surface area (Å²) in [4.78, 5) is 16.7. The van der Waals surface area contributed by atoms with Gasteiger partial charge in [0.25, 0.3) is 5.91 Å². The van der Waals surface area contributed by atoms with Crippen LogP contribution in [0.4, 0.5) is 5.82 Å². The maximum atomic E-state index is 12.4. The summed E-state index contributed by atoms with van der Waals surface area (Å²) < 4.78 is 0. The van der Waals surface area contributed by atoms with E-state index in [1.807, 2.05) is 42.6 Å². The highest BCUT2D eigenvalue weighted by Gasteiger charge is 2.10. The van der Waals surface area contributed by atoms with Gasteiger partial charge in [-0.25, -0.2) is 4.98 Å². The van der Waals surface area contributed by atoms with E-state index in [0.29, 0.717) is 11.4 Å². The van der Waals surface area contributed by atoms with E-state index in [1.165, 1.54) is 11.1 Å². The second-order valence-electron chi connectivity index (χ2n) is 7.53. The maximum Gasteiger partial charge on any atom is 0.256 e. The third-order valence-corrected chi connectivity index (χ3v) is 3.86. The molecule has 132 valence electrons. The molecule has 2 rings (SSSR count). The van der Waals surface area contributed by atoms with Gasteiger partial charge in [0.05, 0.1) is 0 Å². The summed E-state index contributed by atoms with van der Waals surface area (Å²) in [5.41, 5.74) is 4.30. The van der Waals surface area contributed by atoms with Crippen LogP contribution in [0, 0.1) is 5.41 Å². The molecule has 0 saturated carbocycles. The van der Waals surface area contributed by atoms with Gasteiger partial charge in [0.2, 0.25) is 0 Å². The molecule has 0 aliphatic rings. The molecule has 0 fully saturated rings. The summed E-state index contributed by atoms with van der Waals surface area (Å²) in [7, 11) is 0. The molecule has 0 aliphatic carbocycles. The van der Waals surface area contributed by atoms with E-state index in [-0.39, 0.29) is 11.3 Å². The Morgan fingerprint density at radius 1 is 1.08 bits per heavy atom. The van der Waals surface area contributed by atoms with Crippen molar-refractivity contribution in [2.45, 2.75) is 47.5 Å². The molecule has 1 amide bonds. The van der Waals surface area contributed by atoms with Crippen LogP contribution >= 0.6 is 0 Å². The van der Waals surface area contributed by atoms with Gasteiger partial charge in [-0.05, 0) is 53.7 Å². The van der Waals surface area contributed by atoms with Gasteiger partial charge >= 0.3 is 0 Å². The Bertz CT molecular complexity index is 735. The minimum atomic E-state index is -0.139. The van der Waals surface area contributed by atoms with Gasteiger partial charge in [0, 0.05) is 11.8 Å². The number of amides is 1. The quantitative estimate of drug-likeness (QED) is 0.757. The molecule has 0 unspecified atom stereocenters. The highest BCUT2D eigenvalue weighted by Crippen LogP contribution is 2.23. The van der Waals surface area contributed by atoms with Crippen LogP contribution in [0.5, 0.6) is 0 Å². The van der Waals surface area contributed by atoms with E-state index in [1.54, 1.807) is 0 Å². The number of aromatic nitrogens is 1. The summed E-state index contributed by atoms with van der Waals surface area (Å²) >= 11 is 0. The molecule has 0 spiro atoms. The summed E-state index contributed by atoms with van der Waals surface area (Å²) in [5.74, 6) is 0.442. The van der Waals surface area contributed by atoms with Crippen LogP contribution < -0.4 is 5.32 Å². The first kappa shape index (κ1) is 18.9. The Labute approximate surface area is 151 Å². The zero-order valence-corrected chi connectivity index (χ0v) is 15.9. The molecule has 0 saturated heterocycles. The first-order chi connectivity index (χ1) is 11.8. The summed E-state index contributed by atoms with van der Waals surface area (Å²) in [6.45, 7) is 10.8. The third kappa shape index (κ3) is 5.86. The third-order valence-electron chi connectivity index (χ3n) is 3.86. The second-order valence-corrected chi connectivity index (χ2v) is 7.53.